The van der Waals surface area contributed by atoms with Gasteiger partial charge in [-0.25, -0.2) is 44.9 Å². The van der Waals surface area contributed by atoms with Crippen molar-refractivity contribution in [1.29, 1.82) is 0 Å². The lowest BCUT2D eigenvalue weighted by Crippen LogP contribution is -2.33. The highest BCUT2D eigenvalue weighted by molar-refractivity contribution is 9.09. The van der Waals surface area contributed by atoms with Gasteiger partial charge in [0.05, 0.1) is 79.2 Å². The average Bonchev–Trinajstić information content (AvgIpc) is 1.70. The van der Waals surface area contributed by atoms with Crippen LogP contribution in [-0.2, 0) is 28.4 Å². The Kier molecular flexibility index (Phi) is 30.8. The van der Waals surface area contributed by atoms with Gasteiger partial charge in [-0.15, -0.1) is 77.5 Å². The van der Waals surface area contributed by atoms with Gasteiger partial charge < -0.3 is 84.3 Å². The predicted molar refractivity (Wildman–Crippen MR) is 499 cm³/mol. The monoisotopic (exact) mass is 1890 g/mol. The lowest BCUT2D eigenvalue weighted by atomic mass is 10.0. The Morgan fingerprint density at radius 3 is 1.07 bits per heavy atom. The average molecular weight is 1890 g/mol. The van der Waals surface area contributed by atoms with E-state index in [4.69, 9.17) is 40.0 Å². The van der Waals surface area contributed by atoms with Crippen molar-refractivity contribution in [3.8, 4) is 0 Å². The van der Waals surface area contributed by atoms with Gasteiger partial charge in [0.25, 0.3) is 27.8 Å². The number of aromatic amines is 5. The third-order valence-electron chi connectivity index (χ3n) is 21.6. The topological polar surface area (TPSA) is 507 Å². The highest BCUT2D eigenvalue weighted by atomic mass is 79.9. The molecule has 0 amide bonds. The molecule has 5 saturated heterocycles. The number of aliphatic hydroxyl groups excluding tert-OH is 6. The van der Waals surface area contributed by atoms with Gasteiger partial charge in [-0.3, -0.25) is 51.8 Å². The predicted octanol–water partition coefficient (Wildman–Crippen LogP) is 5.43. The number of fused-ring (bicyclic) bond motifs is 5. The van der Waals surface area contributed by atoms with Crippen molar-refractivity contribution in [2.75, 3.05) is 116 Å². The summed E-state index contributed by atoms with van der Waals surface area (Å²) in [6, 6.07) is 0. The first kappa shape index (κ1) is 97.0. The molecule has 0 aromatic carbocycles. The molecule has 45 heteroatoms. The molecule has 0 spiro atoms. The Morgan fingerprint density at radius 2 is 0.699 bits per heavy atom. The maximum absolute atomic E-state index is 12.2. The number of anilines is 1. The number of halogens is 2. The molecule has 15 heterocycles. The molecule has 15 rings (SSSR count). The summed E-state index contributed by atoms with van der Waals surface area (Å²) < 4.78 is 44.0. The Balaban J connectivity index is 0.000000150. The molecular weight excluding hydrogens is 1770 g/mol. The van der Waals surface area contributed by atoms with Crippen LogP contribution in [0.25, 0.3) is 55.8 Å². The van der Waals surface area contributed by atoms with Gasteiger partial charge in [-0.1, -0.05) is 22.9 Å². The van der Waals surface area contributed by atoms with Gasteiger partial charge in [-0.05, 0) is 164 Å². The summed E-state index contributed by atoms with van der Waals surface area (Å²) in [6.07, 6.45) is 26.6. The number of rotatable bonds is 23. The first-order valence-electron chi connectivity index (χ1n) is 40.4. The minimum absolute atomic E-state index is 0.111. The van der Waals surface area contributed by atoms with Crippen molar-refractivity contribution in [2.24, 2.45) is 5.92 Å². The van der Waals surface area contributed by atoms with Gasteiger partial charge in [0.2, 0.25) is 5.95 Å². The molecular formula is C78H120BrClN21O17P5. The fourth-order valence-corrected chi connectivity index (χ4v) is 20.9. The van der Waals surface area contributed by atoms with E-state index in [0.29, 0.717) is 88.8 Å². The first-order chi connectivity index (χ1) is 57.4. The van der Waals surface area contributed by atoms with E-state index in [-0.39, 0.29) is 91.3 Å². The number of nitrogens with zero attached hydrogens (tertiary/aromatic N) is 15. The zero-order valence-electron chi connectivity index (χ0n) is 72.6. The molecule has 0 aliphatic carbocycles. The molecule has 0 unspecified atom stereocenters. The third-order valence-corrected chi connectivity index (χ3v) is 30.5. The van der Waals surface area contributed by atoms with E-state index in [9.17, 15) is 54.6 Å². The molecule has 5 fully saturated rings. The summed E-state index contributed by atoms with van der Waals surface area (Å²) in [5.41, 5.74) is 1.76. The van der Waals surface area contributed by atoms with Gasteiger partial charge >= 0.3 is 0 Å². The van der Waals surface area contributed by atoms with Crippen LogP contribution in [0.4, 0.5) is 5.95 Å². The molecule has 678 valence electrons. The molecule has 20 atom stereocenters. The van der Waals surface area contributed by atoms with Crippen molar-refractivity contribution in [2.45, 2.75) is 188 Å². The molecule has 12 N–H and O–H groups in total. The second-order valence-electron chi connectivity index (χ2n) is 35.6. The molecule has 38 nitrogen and oxygen atoms in total. The van der Waals surface area contributed by atoms with Gasteiger partial charge in [0, 0.05) is 19.6 Å². The van der Waals surface area contributed by atoms with Gasteiger partial charge in [0.15, 0.2) is 80.7 Å². The maximum atomic E-state index is 12.2. The summed E-state index contributed by atoms with van der Waals surface area (Å²) in [7, 11) is 1.54. The van der Waals surface area contributed by atoms with E-state index in [1.165, 1.54) is 30.7 Å². The van der Waals surface area contributed by atoms with Gasteiger partial charge in [0.1, 0.15) is 65.4 Å². The molecule has 5 aliphatic rings. The number of imidazole rings is 5. The lowest BCUT2D eigenvalue weighted by Gasteiger charge is -2.20. The number of aliphatic hydroxyl groups is 6. The lowest BCUT2D eigenvalue weighted by molar-refractivity contribution is -0.0496. The normalized spacial score (nSPS) is 27.5. The minimum atomic E-state index is -1.26. The summed E-state index contributed by atoms with van der Waals surface area (Å²) >= 11 is 9.93. The number of hydrogen-bond acceptors (Lipinski definition) is 28. The maximum Gasteiger partial charge on any atom is 0.280 e. The summed E-state index contributed by atoms with van der Waals surface area (Å²) in [5, 5.41) is 65.2. The molecule has 10 aromatic heterocycles. The highest BCUT2D eigenvalue weighted by Gasteiger charge is 2.49. The standard InChI is InChI=1S/C16H26N5O4P.C16H25N4O4P.C16H25N4O3P.C15H22BrN4O3P.C15H22ClN4O3P/c1-5-17-16-19-13-10(14(24)20-16)18-8-21(13)15-12(23)11(22)9(25-15)6-7-26(2,3)4;1-9-18-14-11(15(22)19-9)17-8-20(14)16-13(23-2)12(21)10(24-16)6-7-25(3,4)5;1-9-13(21)11(6-7-24(3,4)5)23-16(9)20-8-17-12-14(20)18-10(2)19-15(12)22;2*1-8-18-13-11(14(22)19-8)17-7-20(13)15-10(16)12(21)9(23-15)5-6-24(2,3)4/h8-9,11-12,15,22-23H,2,5-7H2,1,3-4H3,(H2,17,19,20,24);8,10,12-13,16,21H,3,6-7H2,1-2,4-5H3,(H,18,19,22);8-9,11,13,16,21H,3,6-7H2,1-2,4-5H3,(H,18,19,22);2*7,9-10,12,15,21H,2,5-6H2,1,3-4H3,(H,18,19,22)/t9-,11-,12-,15-;10-,12-,13-,16-;9-,11-,13+,16-;2*9-,10-,12-,15-/m11111/s1. The second-order valence-corrected chi connectivity index (χ2v) is 58.8. The number of hydrogen-bond donors (Lipinski definition) is 12. The number of nitrogens with one attached hydrogen (secondary N) is 6. The van der Waals surface area contributed by atoms with Crippen molar-refractivity contribution in [3.05, 3.63) is 107 Å². The van der Waals surface area contributed by atoms with E-state index in [2.05, 4.69) is 194 Å². The number of aromatic nitrogens is 20. The van der Waals surface area contributed by atoms with E-state index >= 15 is 0 Å². The molecule has 0 saturated carbocycles. The minimum Gasteiger partial charge on any atom is -0.390 e. The molecule has 10 aromatic rings. The van der Waals surface area contributed by atoms with E-state index < -0.39 is 114 Å². The van der Waals surface area contributed by atoms with Crippen LogP contribution in [0.5, 0.6) is 0 Å². The van der Waals surface area contributed by atoms with E-state index in [1.54, 1.807) is 58.6 Å². The highest BCUT2D eigenvalue weighted by Crippen LogP contribution is 2.47. The largest absolute Gasteiger partial charge is 0.390 e. The third kappa shape index (κ3) is 23.1. The first-order valence-corrected chi connectivity index (χ1v) is 57.0. The summed E-state index contributed by atoms with van der Waals surface area (Å²) in [4.78, 5) is 115. The van der Waals surface area contributed by atoms with Crippen LogP contribution in [0.2, 0.25) is 0 Å². The van der Waals surface area contributed by atoms with Crippen molar-refractivity contribution in [1.82, 2.24) is 97.6 Å². The number of aryl methyl sites for hydroxylation is 4. The van der Waals surface area contributed by atoms with Crippen molar-refractivity contribution in [3.63, 3.8) is 0 Å². The smallest absolute Gasteiger partial charge is 0.280 e. The fourth-order valence-electron chi connectivity index (χ4n) is 15.0. The summed E-state index contributed by atoms with van der Waals surface area (Å²) in [5.74, 6) is 2.23. The van der Waals surface area contributed by atoms with E-state index in [0.717, 1.165) is 43.7 Å². The van der Waals surface area contributed by atoms with Crippen LogP contribution in [0, 0.1) is 33.6 Å². The zero-order chi connectivity index (χ0) is 90.4. The number of alkyl halides is 2. The number of H-pyrrole nitrogens is 5. The fraction of sp³-hybridized carbons (Fsp3) is 0.615. The zero-order valence-corrected chi connectivity index (χ0v) is 79.4. The summed E-state index contributed by atoms with van der Waals surface area (Å²) in [6.45, 7) is 26.8. The van der Waals surface area contributed by atoms with Crippen molar-refractivity contribution < 1.29 is 59.1 Å². The number of methoxy groups -OCH3 is 1. The van der Waals surface area contributed by atoms with Crippen LogP contribution < -0.4 is 33.1 Å². The quantitative estimate of drug-likeness (QED) is 0.0280. The second kappa shape index (κ2) is 39.1. The van der Waals surface area contributed by atoms with Crippen LogP contribution in [0.1, 0.15) is 100 Å². The Bertz CT molecular complexity index is 5660. The Hall–Kier alpha value is -6.66. The Morgan fingerprint density at radius 1 is 0.415 bits per heavy atom. The van der Waals surface area contributed by atoms with Gasteiger partial charge in [-0.2, -0.15) is 4.98 Å². The van der Waals surface area contributed by atoms with E-state index in [1.807, 2.05) is 13.8 Å². The van der Waals surface area contributed by atoms with Crippen LogP contribution in [0.15, 0.2) is 55.6 Å². The SMILES string of the molecule is C=P(C)(C)CC[C@H]1O[C@@H](n2cnc3c(=O)[nH]c(C)nc32)[C@H](Br)[C@@H]1O.C=P(C)(C)CC[C@H]1O[C@@H](n2cnc3c(=O)[nH]c(C)nc32)[C@H](C)[C@@H]1O.C=P(C)(C)CC[C@H]1O[C@@H](n2cnc3c(=O)[nH]c(C)nc32)[C@H](Cl)[C@@H]1O.C=P(C)(C)CC[C@H]1O[C@@H](n2cnc3c(=O)[nH]c(C)nc32)[C@H](OC)[C@@H]1O.C=P(C)(C)CC[C@H]1O[C@@H](n2cnc3c(=O)[nH]c(NCC)nc32)[C@H](O)[C@@H]1O. The van der Waals surface area contributed by atoms with Crippen molar-refractivity contribution >= 4 is 155 Å². The van der Waals surface area contributed by atoms with Crippen LogP contribution in [0.3, 0.4) is 0 Å². The molecule has 123 heavy (non-hydrogen) atoms. The molecule has 5 aliphatic heterocycles. The Labute approximate surface area is 724 Å². The molecule has 0 radical (unpaired) electrons. The van der Waals surface area contributed by atoms with Crippen LogP contribution >= 0.6 is 62.0 Å². The number of ether oxygens (including phenoxy) is 6. The van der Waals surface area contributed by atoms with Crippen LogP contribution in [-0.4, -0.2) is 354 Å². The molecule has 0 bridgehead atoms.